The van der Waals surface area contributed by atoms with Crippen molar-refractivity contribution in [3.05, 3.63) is 0 Å². The Morgan fingerprint density at radius 1 is 0.950 bits per heavy atom. The SMILES string of the molecule is CC(C)CC(C)(C(=O)OC(C)(C)CC(C)(C)C)C(C)C. The van der Waals surface area contributed by atoms with Gasteiger partial charge in [-0.05, 0) is 50.9 Å². The van der Waals surface area contributed by atoms with Crippen molar-refractivity contribution in [2.45, 2.75) is 87.7 Å². The predicted molar refractivity (Wildman–Crippen MR) is 86.6 cm³/mol. The minimum atomic E-state index is -0.414. The lowest BCUT2D eigenvalue weighted by atomic mass is 9.73. The van der Waals surface area contributed by atoms with Gasteiger partial charge in [-0.1, -0.05) is 48.5 Å². The molecule has 0 spiro atoms. The Balaban J connectivity index is 5.03. The first-order valence-corrected chi connectivity index (χ1v) is 7.93. The highest BCUT2D eigenvalue weighted by Crippen LogP contribution is 2.38. The minimum Gasteiger partial charge on any atom is -0.459 e. The third kappa shape index (κ3) is 6.28. The molecular weight excluding hydrogens is 248 g/mol. The van der Waals surface area contributed by atoms with Gasteiger partial charge < -0.3 is 4.74 Å². The van der Waals surface area contributed by atoms with Crippen LogP contribution in [0.2, 0.25) is 0 Å². The molecule has 120 valence electrons. The Kier molecular flexibility index (Phi) is 6.32. The molecule has 0 aromatic rings. The third-order valence-electron chi connectivity index (χ3n) is 3.90. The van der Waals surface area contributed by atoms with Gasteiger partial charge in [0.1, 0.15) is 5.60 Å². The van der Waals surface area contributed by atoms with Crippen molar-refractivity contribution < 1.29 is 9.53 Å². The topological polar surface area (TPSA) is 26.3 Å². The van der Waals surface area contributed by atoms with Gasteiger partial charge in [-0.2, -0.15) is 0 Å². The summed E-state index contributed by atoms with van der Waals surface area (Å²) in [7, 11) is 0. The molecule has 0 radical (unpaired) electrons. The molecule has 1 atom stereocenters. The zero-order valence-corrected chi connectivity index (χ0v) is 15.4. The molecule has 0 rings (SSSR count). The van der Waals surface area contributed by atoms with Crippen LogP contribution < -0.4 is 0 Å². The molecule has 0 heterocycles. The first kappa shape index (κ1) is 19.5. The molecule has 2 nitrogen and oxygen atoms in total. The summed E-state index contributed by atoms with van der Waals surface area (Å²) in [5.74, 6) is 0.721. The summed E-state index contributed by atoms with van der Waals surface area (Å²) in [5, 5.41) is 0. The summed E-state index contributed by atoms with van der Waals surface area (Å²) in [6.07, 6.45) is 1.73. The number of rotatable bonds is 6. The highest BCUT2D eigenvalue weighted by Gasteiger charge is 2.41. The van der Waals surface area contributed by atoms with E-state index in [9.17, 15) is 4.79 Å². The quantitative estimate of drug-likeness (QED) is 0.606. The minimum absolute atomic E-state index is 0.0459. The fourth-order valence-electron chi connectivity index (χ4n) is 3.08. The van der Waals surface area contributed by atoms with Crippen LogP contribution in [0.1, 0.15) is 82.1 Å². The molecule has 0 aliphatic rings. The average molecular weight is 284 g/mol. The maximum absolute atomic E-state index is 12.7. The summed E-state index contributed by atoms with van der Waals surface area (Å²) in [6, 6.07) is 0. The highest BCUT2D eigenvalue weighted by molar-refractivity contribution is 5.77. The number of carbonyl (C=O) groups excluding carboxylic acids is 1. The van der Waals surface area contributed by atoms with E-state index in [0.717, 1.165) is 12.8 Å². The molecule has 0 saturated carbocycles. The van der Waals surface area contributed by atoms with Crippen molar-refractivity contribution in [2.24, 2.45) is 22.7 Å². The van der Waals surface area contributed by atoms with Crippen LogP contribution in [0.25, 0.3) is 0 Å². The van der Waals surface area contributed by atoms with Gasteiger partial charge in [-0.15, -0.1) is 0 Å². The number of esters is 1. The second-order valence-corrected chi connectivity index (χ2v) is 9.06. The van der Waals surface area contributed by atoms with Crippen LogP contribution in [0, 0.1) is 22.7 Å². The Bertz CT molecular complexity index is 321. The van der Waals surface area contributed by atoms with Crippen LogP contribution in [0.5, 0.6) is 0 Å². The molecule has 0 bridgehead atoms. The Hall–Kier alpha value is -0.530. The molecule has 20 heavy (non-hydrogen) atoms. The van der Waals surface area contributed by atoms with Crippen LogP contribution >= 0.6 is 0 Å². The van der Waals surface area contributed by atoms with E-state index >= 15 is 0 Å². The first-order chi connectivity index (χ1) is 8.69. The monoisotopic (exact) mass is 284 g/mol. The standard InChI is InChI=1S/C18H36O2/c1-13(2)11-18(10,14(3)4)15(19)20-17(8,9)12-16(5,6)7/h13-14H,11-12H2,1-10H3. The van der Waals surface area contributed by atoms with Crippen molar-refractivity contribution in [2.75, 3.05) is 0 Å². The second kappa shape index (κ2) is 6.49. The number of ether oxygens (including phenoxy) is 1. The summed E-state index contributed by atoms with van der Waals surface area (Å²) < 4.78 is 5.90. The van der Waals surface area contributed by atoms with Gasteiger partial charge in [0.2, 0.25) is 0 Å². The number of carbonyl (C=O) groups is 1. The maximum atomic E-state index is 12.7. The molecular formula is C18H36O2. The van der Waals surface area contributed by atoms with Gasteiger partial charge in [-0.3, -0.25) is 4.79 Å². The van der Waals surface area contributed by atoms with Crippen molar-refractivity contribution in [3.63, 3.8) is 0 Å². The molecule has 0 amide bonds. The van der Waals surface area contributed by atoms with E-state index < -0.39 is 11.0 Å². The van der Waals surface area contributed by atoms with Gasteiger partial charge in [0.05, 0.1) is 5.41 Å². The fourth-order valence-corrected chi connectivity index (χ4v) is 3.08. The van der Waals surface area contributed by atoms with Crippen molar-refractivity contribution in [1.29, 1.82) is 0 Å². The molecule has 0 N–H and O–H groups in total. The average Bonchev–Trinajstić information content (AvgIpc) is 2.10. The zero-order valence-electron chi connectivity index (χ0n) is 15.4. The van der Waals surface area contributed by atoms with Gasteiger partial charge in [0.15, 0.2) is 0 Å². The molecule has 0 fully saturated rings. The first-order valence-electron chi connectivity index (χ1n) is 7.93. The lowest BCUT2D eigenvalue weighted by Crippen LogP contribution is -2.42. The largest absolute Gasteiger partial charge is 0.459 e. The molecule has 0 aromatic heterocycles. The van der Waals surface area contributed by atoms with E-state index in [2.05, 4.69) is 48.5 Å². The highest BCUT2D eigenvalue weighted by atomic mass is 16.6. The Labute approximate surface area is 126 Å². The van der Waals surface area contributed by atoms with Gasteiger partial charge in [-0.25, -0.2) is 0 Å². The van der Waals surface area contributed by atoms with E-state index in [1.165, 1.54) is 0 Å². The molecule has 1 unspecified atom stereocenters. The third-order valence-corrected chi connectivity index (χ3v) is 3.90. The Morgan fingerprint density at radius 2 is 1.40 bits per heavy atom. The molecule has 0 saturated heterocycles. The van der Waals surface area contributed by atoms with Crippen molar-refractivity contribution >= 4 is 5.97 Å². The van der Waals surface area contributed by atoms with Crippen molar-refractivity contribution in [1.82, 2.24) is 0 Å². The summed E-state index contributed by atoms with van der Waals surface area (Å²) in [5.41, 5.74) is -0.665. The second-order valence-electron chi connectivity index (χ2n) is 9.06. The van der Waals surface area contributed by atoms with Gasteiger partial charge in [0, 0.05) is 0 Å². The van der Waals surface area contributed by atoms with Crippen LogP contribution in [0.3, 0.4) is 0 Å². The van der Waals surface area contributed by atoms with Crippen LogP contribution in [0.4, 0.5) is 0 Å². The van der Waals surface area contributed by atoms with E-state index in [4.69, 9.17) is 4.74 Å². The normalized spacial score (nSPS) is 16.4. The molecule has 2 heteroatoms. The van der Waals surface area contributed by atoms with Gasteiger partial charge >= 0.3 is 5.97 Å². The van der Waals surface area contributed by atoms with Crippen LogP contribution in [-0.4, -0.2) is 11.6 Å². The van der Waals surface area contributed by atoms with Gasteiger partial charge in [0.25, 0.3) is 0 Å². The van der Waals surface area contributed by atoms with Crippen molar-refractivity contribution in [3.8, 4) is 0 Å². The summed E-state index contributed by atoms with van der Waals surface area (Å²) >= 11 is 0. The maximum Gasteiger partial charge on any atom is 0.312 e. The van der Waals surface area contributed by atoms with Crippen LogP contribution in [0.15, 0.2) is 0 Å². The summed E-state index contributed by atoms with van der Waals surface area (Å²) in [4.78, 5) is 12.7. The molecule has 0 aliphatic carbocycles. The smallest absolute Gasteiger partial charge is 0.312 e. The fraction of sp³-hybridized carbons (Fsp3) is 0.944. The lowest BCUT2D eigenvalue weighted by Gasteiger charge is -2.38. The predicted octanol–water partition coefficient (Wildman–Crippen LogP) is 5.45. The van der Waals surface area contributed by atoms with E-state index in [1.54, 1.807) is 0 Å². The van der Waals surface area contributed by atoms with Crippen LogP contribution in [-0.2, 0) is 9.53 Å². The van der Waals surface area contributed by atoms with E-state index in [1.807, 2.05) is 20.8 Å². The van der Waals surface area contributed by atoms with E-state index in [-0.39, 0.29) is 17.3 Å². The number of hydrogen-bond donors (Lipinski definition) is 0. The van der Waals surface area contributed by atoms with E-state index in [0.29, 0.717) is 5.92 Å². The zero-order chi connectivity index (χ0) is 16.4. The molecule has 0 aliphatic heterocycles. The summed E-state index contributed by atoms with van der Waals surface area (Å²) in [6.45, 7) is 21.2. The lowest BCUT2D eigenvalue weighted by molar-refractivity contribution is -0.174. The number of hydrogen-bond acceptors (Lipinski definition) is 2. The Morgan fingerprint density at radius 3 is 1.70 bits per heavy atom. The molecule has 0 aromatic carbocycles.